The third-order valence-corrected chi connectivity index (χ3v) is 5.17. The van der Waals surface area contributed by atoms with Gasteiger partial charge in [-0.3, -0.25) is 5.10 Å². The van der Waals surface area contributed by atoms with Gasteiger partial charge in [0, 0.05) is 18.7 Å². The monoisotopic (exact) mass is 418 g/mol. The molecule has 0 radical (unpaired) electrons. The van der Waals surface area contributed by atoms with Crippen molar-refractivity contribution < 1.29 is 4.39 Å². The molecule has 2 aromatic heterocycles. The van der Waals surface area contributed by atoms with Crippen LogP contribution in [0.25, 0.3) is 33.7 Å². The number of rotatable bonds is 9. The van der Waals surface area contributed by atoms with Crippen LogP contribution in [0, 0.1) is 5.82 Å². The van der Waals surface area contributed by atoms with E-state index in [0.29, 0.717) is 5.82 Å². The van der Waals surface area contributed by atoms with Crippen molar-refractivity contribution in [3.63, 3.8) is 0 Å². The molecule has 0 saturated heterocycles. The van der Waals surface area contributed by atoms with E-state index in [1.807, 2.05) is 24.3 Å². The van der Waals surface area contributed by atoms with Gasteiger partial charge in [0.15, 0.2) is 5.82 Å². The molecule has 4 rings (SSSR count). The van der Waals surface area contributed by atoms with Crippen molar-refractivity contribution in [2.75, 3.05) is 18.4 Å². The summed E-state index contributed by atoms with van der Waals surface area (Å²) in [5.74, 6) is 1.22. The first kappa shape index (κ1) is 20.7. The number of hydrogen-bond acceptors (Lipinski definition) is 4. The lowest BCUT2D eigenvalue weighted by Crippen LogP contribution is -2.28. The Morgan fingerprint density at radius 2 is 1.90 bits per heavy atom. The summed E-state index contributed by atoms with van der Waals surface area (Å²) in [5, 5.41) is 10.6. The number of hydrogen-bond donors (Lipinski definition) is 3. The molecule has 0 aliphatic rings. The zero-order valence-electron chi connectivity index (χ0n) is 17.9. The molecule has 0 unspecified atom stereocenters. The summed E-state index contributed by atoms with van der Waals surface area (Å²) in [7, 11) is 0. The summed E-state index contributed by atoms with van der Waals surface area (Å²) in [6, 6.07) is 12.4. The van der Waals surface area contributed by atoms with Crippen LogP contribution in [0.1, 0.15) is 26.7 Å². The molecule has 0 spiro atoms. The minimum Gasteiger partial charge on any atom is -0.359 e. The topological polar surface area (TPSA) is 72.6 Å². The molecule has 0 fully saturated rings. The van der Waals surface area contributed by atoms with Crippen molar-refractivity contribution in [2.45, 2.75) is 26.7 Å². The van der Waals surface area contributed by atoms with Crippen LogP contribution in [0.15, 0.2) is 61.1 Å². The standard InChI is InChI=1S/C24H27FN6/c1-4-12-31(13-5-2)16(3)27-21-15-26-30-23(21)24-28-20-11-7-10-19(22(20)29-24)17-8-6-9-18(25)14-17/h6-11,14-15,27H,3-5,12-13H2,1-2H3,(H,26,30)(H,28,29). The number of nitrogens with zero attached hydrogens (tertiary/aromatic N) is 3. The second-order valence-electron chi connectivity index (χ2n) is 7.51. The van der Waals surface area contributed by atoms with E-state index < -0.39 is 0 Å². The van der Waals surface area contributed by atoms with Crippen molar-refractivity contribution in [1.29, 1.82) is 0 Å². The first-order valence-electron chi connectivity index (χ1n) is 10.6. The second kappa shape index (κ2) is 9.04. The highest BCUT2D eigenvalue weighted by Gasteiger charge is 2.16. The van der Waals surface area contributed by atoms with E-state index in [-0.39, 0.29) is 5.82 Å². The molecule has 7 heteroatoms. The Hall–Kier alpha value is -3.61. The minimum absolute atomic E-state index is 0.271. The van der Waals surface area contributed by atoms with E-state index in [2.05, 4.69) is 45.8 Å². The Balaban J connectivity index is 1.67. The number of H-pyrrole nitrogens is 2. The number of halogens is 1. The molecule has 0 atom stereocenters. The quantitative estimate of drug-likeness (QED) is 0.323. The fraction of sp³-hybridized carbons (Fsp3) is 0.250. The lowest BCUT2D eigenvalue weighted by atomic mass is 10.0. The fourth-order valence-corrected chi connectivity index (χ4v) is 3.76. The minimum atomic E-state index is -0.271. The van der Waals surface area contributed by atoms with Crippen molar-refractivity contribution >= 4 is 16.7 Å². The van der Waals surface area contributed by atoms with Crippen LogP contribution in [-0.2, 0) is 0 Å². The average molecular weight is 419 g/mol. The van der Waals surface area contributed by atoms with Gasteiger partial charge in [0.25, 0.3) is 0 Å². The van der Waals surface area contributed by atoms with Crippen molar-refractivity contribution in [1.82, 2.24) is 25.1 Å². The van der Waals surface area contributed by atoms with Gasteiger partial charge in [-0.15, -0.1) is 0 Å². The van der Waals surface area contributed by atoms with Crippen molar-refractivity contribution in [3.8, 4) is 22.6 Å². The van der Waals surface area contributed by atoms with E-state index in [1.165, 1.54) is 12.1 Å². The number of imidazole rings is 1. The van der Waals surface area contributed by atoms with E-state index >= 15 is 0 Å². The lowest BCUT2D eigenvalue weighted by Gasteiger charge is -2.26. The summed E-state index contributed by atoms with van der Waals surface area (Å²) in [4.78, 5) is 10.4. The Bertz CT molecular complexity index is 1190. The predicted octanol–water partition coefficient (Wildman–Crippen LogP) is 5.76. The lowest BCUT2D eigenvalue weighted by molar-refractivity contribution is 0.349. The van der Waals surface area contributed by atoms with Gasteiger partial charge >= 0.3 is 0 Å². The maximum Gasteiger partial charge on any atom is 0.158 e. The summed E-state index contributed by atoms with van der Waals surface area (Å²) in [6.07, 6.45) is 3.83. The molecule has 2 aromatic carbocycles. The van der Waals surface area contributed by atoms with Crippen LogP contribution in [-0.4, -0.2) is 38.2 Å². The fourth-order valence-electron chi connectivity index (χ4n) is 3.76. The number of aromatic nitrogens is 4. The molecule has 4 aromatic rings. The summed E-state index contributed by atoms with van der Waals surface area (Å²) in [6.45, 7) is 10.4. The molecule has 0 aliphatic heterocycles. The van der Waals surface area contributed by atoms with Crippen LogP contribution in [0.5, 0.6) is 0 Å². The third kappa shape index (κ3) is 4.30. The molecule has 0 saturated carbocycles. The largest absolute Gasteiger partial charge is 0.359 e. The first-order valence-corrected chi connectivity index (χ1v) is 10.6. The molecule has 6 nitrogen and oxygen atoms in total. The van der Waals surface area contributed by atoms with E-state index in [9.17, 15) is 4.39 Å². The molecule has 2 heterocycles. The summed E-state index contributed by atoms with van der Waals surface area (Å²) < 4.78 is 13.8. The van der Waals surface area contributed by atoms with Gasteiger partial charge in [-0.05, 0) is 36.6 Å². The van der Waals surface area contributed by atoms with Crippen LogP contribution < -0.4 is 5.32 Å². The van der Waals surface area contributed by atoms with Gasteiger partial charge in [0.05, 0.1) is 28.7 Å². The van der Waals surface area contributed by atoms with Crippen LogP contribution in [0.3, 0.4) is 0 Å². The summed E-state index contributed by atoms with van der Waals surface area (Å²) >= 11 is 0. The first-order chi connectivity index (χ1) is 15.1. The van der Waals surface area contributed by atoms with E-state index in [0.717, 1.165) is 65.3 Å². The molecule has 31 heavy (non-hydrogen) atoms. The maximum absolute atomic E-state index is 13.8. The van der Waals surface area contributed by atoms with Gasteiger partial charge < -0.3 is 15.2 Å². The smallest absolute Gasteiger partial charge is 0.158 e. The van der Waals surface area contributed by atoms with Crippen molar-refractivity contribution in [2.24, 2.45) is 0 Å². The van der Waals surface area contributed by atoms with Crippen LogP contribution >= 0.6 is 0 Å². The zero-order valence-corrected chi connectivity index (χ0v) is 17.9. The highest BCUT2D eigenvalue weighted by atomic mass is 19.1. The number of aromatic amines is 2. The molecule has 0 aliphatic carbocycles. The third-order valence-electron chi connectivity index (χ3n) is 5.17. The molecule has 160 valence electrons. The highest BCUT2D eigenvalue weighted by Crippen LogP contribution is 2.32. The Morgan fingerprint density at radius 3 is 2.65 bits per heavy atom. The number of anilines is 1. The Morgan fingerprint density at radius 1 is 1.13 bits per heavy atom. The van der Waals surface area contributed by atoms with Gasteiger partial charge in [-0.2, -0.15) is 5.10 Å². The molecular formula is C24H27FN6. The zero-order chi connectivity index (χ0) is 21.8. The number of benzene rings is 2. The van der Waals surface area contributed by atoms with Crippen LogP contribution in [0.4, 0.5) is 10.1 Å². The molecule has 3 N–H and O–H groups in total. The van der Waals surface area contributed by atoms with Crippen LogP contribution in [0.2, 0.25) is 0 Å². The molecule has 0 bridgehead atoms. The van der Waals surface area contributed by atoms with E-state index in [4.69, 9.17) is 4.98 Å². The number of para-hydroxylation sites is 1. The SMILES string of the molecule is C=C(Nc1cn[nH]c1-c1nc2c(-c3cccc(F)c3)cccc2[nH]1)N(CCC)CCC. The molecular weight excluding hydrogens is 391 g/mol. The Labute approximate surface area is 181 Å². The van der Waals surface area contributed by atoms with Gasteiger partial charge in [-0.1, -0.05) is 44.7 Å². The number of fused-ring (bicyclic) bond motifs is 1. The maximum atomic E-state index is 13.8. The highest BCUT2D eigenvalue weighted by molar-refractivity contribution is 5.94. The van der Waals surface area contributed by atoms with Crippen molar-refractivity contribution in [3.05, 3.63) is 66.9 Å². The average Bonchev–Trinajstić information content (AvgIpc) is 3.39. The Kier molecular flexibility index (Phi) is 6.02. The van der Waals surface area contributed by atoms with E-state index in [1.54, 1.807) is 12.3 Å². The normalized spacial score (nSPS) is 11.1. The summed E-state index contributed by atoms with van der Waals surface area (Å²) in [5.41, 5.74) is 4.85. The second-order valence-corrected chi connectivity index (χ2v) is 7.51. The predicted molar refractivity (Wildman–Crippen MR) is 124 cm³/mol. The molecule has 0 amide bonds. The van der Waals surface area contributed by atoms with Gasteiger partial charge in [-0.25, -0.2) is 9.37 Å². The number of nitrogens with one attached hydrogen (secondary N) is 3. The van der Waals surface area contributed by atoms with Gasteiger partial charge in [0.2, 0.25) is 0 Å². The van der Waals surface area contributed by atoms with Gasteiger partial charge in [0.1, 0.15) is 11.5 Å².